The van der Waals surface area contributed by atoms with E-state index in [1.165, 1.54) is 12.1 Å². The third-order valence-electron chi connectivity index (χ3n) is 5.13. The minimum absolute atomic E-state index is 0.107. The predicted octanol–water partition coefficient (Wildman–Crippen LogP) is 4.36. The predicted molar refractivity (Wildman–Crippen MR) is 114 cm³/mol. The Morgan fingerprint density at radius 1 is 0.969 bits per heavy atom. The highest BCUT2D eigenvalue weighted by Crippen LogP contribution is 2.36. The second kappa shape index (κ2) is 9.52. The van der Waals surface area contributed by atoms with Crippen LogP contribution in [0.5, 0.6) is 11.5 Å². The van der Waals surface area contributed by atoms with Crippen molar-refractivity contribution in [3.8, 4) is 11.5 Å². The molecule has 1 saturated heterocycles. The number of amides is 1. The monoisotopic (exact) mass is 448 g/mol. The number of ether oxygens (including phenoxy) is 3. The first-order valence-electron chi connectivity index (χ1n) is 10.3. The van der Waals surface area contributed by atoms with Crippen LogP contribution in [0, 0.1) is 0 Å². The van der Waals surface area contributed by atoms with Crippen molar-refractivity contribution in [2.75, 3.05) is 49.7 Å². The maximum Gasteiger partial charge on any atom is 0.416 e. The van der Waals surface area contributed by atoms with Crippen molar-refractivity contribution in [3.05, 3.63) is 53.6 Å². The zero-order valence-corrected chi connectivity index (χ0v) is 17.3. The van der Waals surface area contributed by atoms with Gasteiger partial charge in [-0.15, -0.1) is 0 Å². The summed E-state index contributed by atoms with van der Waals surface area (Å²) in [4.78, 5) is 14.4. The first-order valence-corrected chi connectivity index (χ1v) is 10.3. The van der Waals surface area contributed by atoms with Crippen molar-refractivity contribution >= 4 is 23.4 Å². The SMILES string of the molecule is O=C(/C=C/c1ccc2c(c1)OCCCO2)Nc1cc(C(F)(F)F)ccc1N1CCOCC1. The highest BCUT2D eigenvalue weighted by Gasteiger charge is 2.31. The molecule has 6 nitrogen and oxygen atoms in total. The summed E-state index contributed by atoms with van der Waals surface area (Å²) in [6.45, 7) is 3.12. The summed E-state index contributed by atoms with van der Waals surface area (Å²) in [6, 6.07) is 8.67. The van der Waals surface area contributed by atoms with Crippen molar-refractivity contribution in [2.45, 2.75) is 12.6 Å². The van der Waals surface area contributed by atoms with Gasteiger partial charge in [-0.2, -0.15) is 13.2 Å². The molecule has 0 atom stereocenters. The fourth-order valence-corrected chi connectivity index (χ4v) is 3.52. The first-order chi connectivity index (χ1) is 15.4. The molecule has 0 radical (unpaired) electrons. The van der Waals surface area contributed by atoms with Gasteiger partial charge in [0.25, 0.3) is 0 Å². The molecule has 1 N–H and O–H groups in total. The van der Waals surface area contributed by atoms with Crippen LogP contribution in [0.25, 0.3) is 6.08 Å². The molecule has 32 heavy (non-hydrogen) atoms. The summed E-state index contributed by atoms with van der Waals surface area (Å²) in [7, 11) is 0. The lowest BCUT2D eigenvalue weighted by Crippen LogP contribution is -2.36. The zero-order valence-electron chi connectivity index (χ0n) is 17.3. The highest BCUT2D eigenvalue weighted by atomic mass is 19.4. The number of fused-ring (bicyclic) bond motifs is 1. The van der Waals surface area contributed by atoms with Gasteiger partial charge in [0, 0.05) is 25.6 Å². The van der Waals surface area contributed by atoms with Crippen molar-refractivity contribution in [1.29, 1.82) is 0 Å². The van der Waals surface area contributed by atoms with Crippen LogP contribution in [0.2, 0.25) is 0 Å². The second-order valence-corrected chi connectivity index (χ2v) is 7.41. The number of alkyl halides is 3. The minimum Gasteiger partial charge on any atom is -0.490 e. The van der Waals surface area contributed by atoms with Crippen molar-refractivity contribution in [1.82, 2.24) is 0 Å². The number of benzene rings is 2. The number of carbonyl (C=O) groups excluding carboxylic acids is 1. The molecule has 1 amide bonds. The number of carbonyl (C=O) groups is 1. The summed E-state index contributed by atoms with van der Waals surface area (Å²) >= 11 is 0. The van der Waals surface area contributed by atoms with E-state index in [4.69, 9.17) is 14.2 Å². The van der Waals surface area contributed by atoms with Crippen molar-refractivity contribution in [3.63, 3.8) is 0 Å². The smallest absolute Gasteiger partial charge is 0.416 e. The molecular weight excluding hydrogens is 425 g/mol. The molecule has 0 aliphatic carbocycles. The van der Waals surface area contributed by atoms with Gasteiger partial charge in [-0.25, -0.2) is 0 Å². The second-order valence-electron chi connectivity index (χ2n) is 7.41. The van der Waals surface area contributed by atoms with E-state index in [9.17, 15) is 18.0 Å². The summed E-state index contributed by atoms with van der Waals surface area (Å²) in [5.74, 6) is 0.701. The molecule has 0 unspecified atom stereocenters. The third-order valence-corrected chi connectivity index (χ3v) is 5.13. The van der Waals surface area contributed by atoms with Gasteiger partial charge in [0.15, 0.2) is 11.5 Å². The van der Waals surface area contributed by atoms with Gasteiger partial charge in [0.2, 0.25) is 5.91 Å². The molecule has 0 aromatic heterocycles. The fraction of sp³-hybridized carbons (Fsp3) is 0.348. The standard InChI is InChI=1S/C23H23F3N2O4/c24-23(25,26)17-4-5-19(28-8-12-30-13-9-28)18(15-17)27-22(29)7-3-16-2-6-20-21(14-16)32-11-1-10-31-20/h2-7,14-15H,1,8-13H2,(H,27,29)/b7-3+. The molecule has 0 saturated carbocycles. The van der Waals surface area contributed by atoms with Crippen LogP contribution < -0.4 is 19.7 Å². The Morgan fingerprint density at radius 2 is 1.72 bits per heavy atom. The molecular formula is C23H23F3N2O4. The topological polar surface area (TPSA) is 60.0 Å². The zero-order chi connectivity index (χ0) is 22.6. The Bertz CT molecular complexity index is 1000. The fourth-order valence-electron chi connectivity index (χ4n) is 3.52. The molecule has 9 heteroatoms. The Hall–Kier alpha value is -3.20. The molecule has 1 fully saturated rings. The number of hydrogen-bond donors (Lipinski definition) is 1. The Labute approximate surface area is 183 Å². The highest BCUT2D eigenvalue weighted by molar-refractivity contribution is 6.04. The lowest BCUT2D eigenvalue weighted by atomic mass is 10.1. The lowest BCUT2D eigenvalue weighted by Gasteiger charge is -2.30. The average Bonchev–Trinajstić information content (AvgIpc) is 3.02. The van der Waals surface area contributed by atoms with E-state index in [0.29, 0.717) is 62.3 Å². The molecule has 0 bridgehead atoms. The summed E-state index contributed by atoms with van der Waals surface area (Å²) in [5.41, 5.74) is 0.521. The van der Waals surface area contributed by atoms with E-state index in [2.05, 4.69) is 5.32 Å². The molecule has 2 aromatic rings. The first kappa shape index (κ1) is 22.0. The minimum atomic E-state index is -4.51. The maximum atomic E-state index is 13.2. The number of hydrogen-bond acceptors (Lipinski definition) is 5. The number of nitrogens with one attached hydrogen (secondary N) is 1. The molecule has 2 heterocycles. The third kappa shape index (κ3) is 5.34. The normalized spacial score (nSPS) is 16.7. The van der Waals surface area contributed by atoms with E-state index in [0.717, 1.165) is 18.6 Å². The van der Waals surface area contributed by atoms with Crippen LogP contribution >= 0.6 is 0 Å². The quantitative estimate of drug-likeness (QED) is 0.705. The summed E-state index contributed by atoms with van der Waals surface area (Å²) in [5, 5.41) is 2.60. The van der Waals surface area contributed by atoms with E-state index in [1.807, 2.05) is 4.90 Å². The van der Waals surface area contributed by atoms with Gasteiger partial charge in [-0.1, -0.05) is 6.07 Å². The van der Waals surface area contributed by atoms with Gasteiger partial charge in [0.05, 0.1) is 43.4 Å². The van der Waals surface area contributed by atoms with E-state index in [1.54, 1.807) is 24.3 Å². The molecule has 4 rings (SSSR count). The number of anilines is 2. The van der Waals surface area contributed by atoms with Gasteiger partial charge in [-0.05, 0) is 42.0 Å². The molecule has 2 aliphatic rings. The number of nitrogens with zero attached hydrogens (tertiary/aromatic N) is 1. The maximum absolute atomic E-state index is 13.2. The van der Waals surface area contributed by atoms with Gasteiger partial charge in [-0.3, -0.25) is 4.79 Å². The number of morpholine rings is 1. The van der Waals surface area contributed by atoms with Crippen molar-refractivity contribution < 1.29 is 32.2 Å². The Balaban J connectivity index is 1.53. The van der Waals surface area contributed by atoms with Gasteiger partial charge >= 0.3 is 6.18 Å². The van der Waals surface area contributed by atoms with Crippen molar-refractivity contribution in [2.24, 2.45) is 0 Å². The summed E-state index contributed by atoms with van der Waals surface area (Å²) < 4.78 is 56.2. The van der Waals surface area contributed by atoms with Crippen LogP contribution in [0.3, 0.4) is 0 Å². The van der Waals surface area contributed by atoms with Crippen LogP contribution in [-0.2, 0) is 15.7 Å². The van der Waals surface area contributed by atoms with E-state index >= 15 is 0 Å². The largest absolute Gasteiger partial charge is 0.490 e. The van der Waals surface area contributed by atoms with Crippen LogP contribution in [0.1, 0.15) is 17.5 Å². The molecule has 2 aliphatic heterocycles. The van der Waals surface area contributed by atoms with Crippen LogP contribution in [0.15, 0.2) is 42.5 Å². The van der Waals surface area contributed by atoms with E-state index in [-0.39, 0.29) is 5.69 Å². The number of rotatable bonds is 4. The molecule has 0 spiro atoms. The van der Waals surface area contributed by atoms with Gasteiger partial charge in [0.1, 0.15) is 0 Å². The van der Waals surface area contributed by atoms with E-state index < -0.39 is 17.6 Å². The molecule has 170 valence electrons. The lowest BCUT2D eigenvalue weighted by molar-refractivity contribution is -0.137. The van der Waals surface area contributed by atoms with Crippen LogP contribution in [-0.4, -0.2) is 45.4 Å². The van der Waals surface area contributed by atoms with Gasteiger partial charge < -0.3 is 24.4 Å². The van der Waals surface area contributed by atoms with Crippen LogP contribution in [0.4, 0.5) is 24.5 Å². The molecule has 2 aromatic carbocycles. The average molecular weight is 448 g/mol. The summed E-state index contributed by atoms with van der Waals surface area (Å²) in [6.07, 6.45) is -0.873. The Kier molecular flexibility index (Phi) is 6.55. The number of halogens is 3. The Morgan fingerprint density at radius 3 is 2.47 bits per heavy atom.